The molecular formula is C29H53NO2. The van der Waals surface area contributed by atoms with Gasteiger partial charge in [0.05, 0.1) is 0 Å². The van der Waals surface area contributed by atoms with Crippen LogP contribution in [-0.4, -0.2) is 35.1 Å². The fourth-order valence-electron chi connectivity index (χ4n) is 6.47. The fraction of sp³-hybridized carbons (Fsp3) is 0.897. The average molecular weight is 448 g/mol. The van der Waals surface area contributed by atoms with E-state index in [1.807, 2.05) is 0 Å². The van der Waals surface area contributed by atoms with Gasteiger partial charge in [-0.05, 0) is 76.2 Å². The number of nitrogens with zero attached hydrogens (tertiary/aromatic N) is 1. The van der Waals surface area contributed by atoms with Gasteiger partial charge in [-0.1, -0.05) is 83.3 Å². The van der Waals surface area contributed by atoms with Crippen LogP contribution in [0.2, 0.25) is 0 Å². The van der Waals surface area contributed by atoms with Crippen LogP contribution in [0, 0.1) is 17.8 Å². The largest absolute Gasteiger partial charge is 0.481 e. The number of unbranched alkanes of at least 4 members (excludes halogenated alkanes) is 5. The van der Waals surface area contributed by atoms with Crippen molar-refractivity contribution in [1.82, 2.24) is 4.90 Å². The SMILES string of the molecule is CC/C=C(\C)C1CC(CC(=O)O)CCCC1N(CCCCCCCC)CC1CCCCC1. The van der Waals surface area contributed by atoms with Gasteiger partial charge in [0.1, 0.15) is 0 Å². The molecule has 2 aliphatic rings. The normalized spacial score (nSPS) is 25.8. The maximum Gasteiger partial charge on any atom is 0.303 e. The summed E-state index contributed by atoms with van der Waals surface area (Å²) in [4.78, 5) is 14.4. The van der Waals surface area contributed by atoms with Gasteiger partial charge < -0.3 is 5.11 Å². The average Bonchev–Trinajstić information content (AvgIpc) is 2.98. The third-order valence-electron chi connectivity index (χ3n) is 8.22. The van der Waals surface area contributed by atoms with E-state index in [2.05, 4.69) is 31.7 Å². The number of aliphatic carboxylic acids is 1. The molecule has 2 aliphatic carbocycles. The predicted octanol–water partition coefficient (Wildman–Crippen LogP) is 8.24. The minimum atomic E-state index is -0.615. The molecule has 0 aromatic rings. The predicted molar refractivity (Wildman–Crippen MR) is 137 cm³/mol. The third-order valence-corrected chi connectivity index (χ3v) is 8.22. The van der Waals surface area contributed by atoms with E-state index in [1.165, 1.54) is 102 Å². The summed E-state index contributed by atoms with van der Waals surface area (Å²) in [6, 6.07) is 0.606. The molecule has 2 saturated carbocycles. The zero-order valence-electron chi connectivity index (χ0n) is 21.6. The van der Waals surface area contributed by atoms with Crippen molar-refractivity contribution >= 4 is 5.97 Å². The van der Waals surface area contributed by atoms with Crippen molar-refractivity contribution < 1.29 is 9.90 Å². The molecule has 0 radical (unpaired) electrons. The lowest BCUT2D eigenvalue weighted by atomic mass is 9.81. The zero-order chi connectivity index (χ0) is 23.2. The summed E-state index contributed by atoms with van der Waals surface area (Å²) in [5.41, 5.74) is 1.52. The van der Waals surface area contributed by atoms with E-state index in [-0.39, 0.29) is 0 Å². The first-order valence-electron chi connectivity index (χ1n) is 14.2. The van der Waals surface area contributed by atoms with E-state index in [1.54, 1.807) is 0 Å². The Kier molecular flexibility index (Phi) is 13.6. The van der Waals surface area contributed by atoms with Crippen LogP contribution >= 0.6 is 0 Å². The molecule has 3 nitrogen and oxygen atoms in total. The van der Waals surface area contributed by atoms with Gasteiger partial charge in [0.2, 0.25) is 0 Å². The summed E-state index contributed by atoms with van der Waals surface area (Å²) in [7, 11) is 0. The number of carboxylic acids is 1. The fourth-order valence-corrected chi connectivity index (χ4v) is 6.47. The topological polar surface area (TPSA) is 40.5 Å². The smallest absolute Gasteiger partial charge is 0.303 e. The Morgan fingerprint density at radius 3 is 2.28 bits per heavy atom. The summed E-state index contributed by atoms with van der Waals surface area (Å²) in [5.74, 6) is 1.13. The van der Waals surface area contributed by atoms with Crippen molar-refractivity contribution in [3.63, 3.8) is 0 Å². The summed E-state index contributed by atoms with van der Waals surface area (Å²) >= 11 is 0. The van der Waals surface area contributed by atoms with E-state index in [4.69, 9.17) is 0 Å². The van der Waals surface area contributed by atoms with Gasteiger partial charge in [-0.3, -0.25) is 9.69 Å². The van der Waals surface area contributed by atoms with Gasteiger partial charge in [-0.25, -0.2) is 0 Å². The first-order valence-corrected chi connectivity index (χ1v) is 14.2. The van der Waals surface area contributed by atoms with Crippen molar-refractivity contribution in [2.24, 2.45) is 17.8 Å². The molecule has 0 saturated heterocycles. The minimum Gasteiger partial charge on any atom is -0.481 e. The Labute approximate surface area is 199 Å². The highest BCUT2D eigenvalue weighted by Gasteiger charge is 2.34. The summed E-state index contributed by atoms with van der Waals surface area (Å²) in [6.45, 7) is 9.38. The Morgan fingerprint density at radius 2 is 1.59 bits per heavy atom. The first-order chi connectivity index (χ1) is 15.5. The van der Waals surface area contributed by atoms with Crippen LogP contribution in [0.1, 0.15) is 130 Å². The number of rotatable bonds is 14. The molecule has 0 aliphatic heterocycles. The van der Waals surface area contributed by atoms with Crippen LogP contribution in [0.4, 0.5) is 0 Å². The molecule has 2 rings (SSSR count). The molecule has 1 N–H and O–H groups in total. The van der Waals surface area contributed by atoms with Gasteiger partial charge in [0, 0.05) is 19.0 Å². The number of carboxylic acid groups (broad SMARTS) is 1. The highest BCUT2D eigenvalue weighted by atomic mass is 16.4. The van der Waals surface area contributed by atoms with Gasteiger partial charge in [0.15, 0.2) is 0 Å². The Hall–Kier alpha value is -0.830. The highest BCUT2D eigenvalue weighted by Crippen LogP contribution is 2.38. The molecule has 0 bridgehead atoms. The molecule has 0 aromatic heterocycles. The number of carbonyl (C=O) groups is 1. The monoisotopic (exact) mass is 447 g/mol. The number of hydrogen-bond donors (Lipinski definition) is 1. The molecule has 32 heavy (non-hydrogen) atoms. The summed E-state index contributed by atoms with van der Waals surface area (Å²) < 4.78 is 0. The van der Waals surface area contributed by atoms with E-state index >= 15 is 0 Å². The summed E-state index contributed by atoms with van der Waals surface area (Å²) in [6.07, 6.45) is 23.7. The lowest BCUT2D eigenvalue weighted by Crippen LogP contribution is -2.44. The van der Waals surface area contributed by atoms with Crippen LogP contribution < -0.4 is 0 Å². The Bertz CT molecular complexity index is 537. The van der Waals surface area contributed by atoms with Crippen molar-refractivity contribution in [3.8, 4) is 0 Å². The van der Waals surface area contributed by atoms with Crippen LogP contribution in [0.3, 0.4) is 0 Å². The van der Waals surface area contributed by atoms with E-state index in [9.17, 15) is 9.90 Å². The van der Waals surface area contributed by atoms with Crippen molar-refractivity contribution in [3.05, 3.63) is 11.6 Å². The van der Waals surface area contributed by atoms with Crippen molar-refractivity contribution in [2.45, 2.75) is 136 Å². The molecule has 0 amide bonds. The maximum atomic E-state index is 11.5. The molecule has 186 valence electrons. The third kappa shape index (κ3) is 9.98. The Morgan fingerprint density at radius 1 is 0.906 bits per heavy atom. The van der Waals surface area contributed by atoms with Gasteiger partial charge in [-0.2, -0.15) is 0 Å². The van der Waals surface area contributed by atoms with Crippen LogP contribution in [0.15, 0.2) is 11.6 Å². The molecule has 3 heteroatoms. The zero-order valence-corrected chi connectivity index (χ0v) is 21.6. The molecule has 0 aromatic carbocycles. The molecule has 2 fully saturated rings. The van der Waals surface area contributed by atoms with Crippen LogP contribution in [0.5, 0.6) is 0 Å². The number of allylic oxidation sites excluding steroid dienone is 1. The van der Waals surface area contributed by atoms with Crippen molar-refractivity contribution in [1.29, 1.82) is 0 Å². The Balaban J connectivity index is 2.12. The second kappa shape index (κ2) is 15.9. The molecule has 0 spiro atoms. The quantitative estimate of drug-likeness (QED) is 0.165. The van der Waals surface area contributed by atoms with E-state index in [0.29, 0.717) is 24.3 Å². The molecular weight excluding hydrogens is 394 g/mol. The molecule has 3 unspecified atom stereocenters. The van der Waals surface area contributed by atoms with Crippen molar-refractivity contribution in [2.75, 3.05) is 13.1 Å². The van der Waals surface area contributed by atoms with Crippen LogP contribution in [-0.2, 0) is 4.79 Å². The summed E-state index contributed by atoms with van der Waals surface area (Å²) in [5, 5.41) is 9.46. The van der Waals surface area contributed by atoms with Gasteiger partial charge in [-0.15, -0.1) is 0 Å². The molecule has 3 atom stereocenters. The maximum absolute atomic E-state index is 11.5. The van der Waals surface area contributed by atoms with Gasteiger partial charge >= 0.3 is 5.97 Å². The lowest BCUT2D eigenvalue weighted by molar-refractivity contribution is -0.138. The molecule has 0 heterocycles. The van der Waals surface area contributed by atoms with Crippen LogP contribution in [0.25, 0.3) is 0 Å². The van der Waals surface area contributed by atoms with Gasteiger partial charge in [0.25, 0.3) is 0 Å². The second-order valence-electron chi connectivity index (χ2n) is 10.9. The number of hydrogen-bond acceptors (Lipinski definition) is 2. The van der Waals surface area contributed by atoms with E-state index < -0.39 is 5.97 Å². The standard InChI is InChI=1S/C29H53NO2/c1-4-6-7-8-9-13-20-30(23-25-16-11-10-12-17-25)28-19-14-18-26(22-29(31)32)21-27(28)24(3)15-5-2/h15,25-28H,4-14,16-23H2,1-3H3,(H,31,32)/b24-15+. The van der Waals surface area contributed by atoms with E-state index in [0.717, 1.165) is 25.2 Å². The lowest BCUT2D eigenvalue weighted by Gasteiger charge is -2.40. The second-order valence-corrected chi connectivity index (χ2v) is 10.9. The minimum absolute atomic E-state index is 0.341. The first kappa shape index (κ1) is 27.4. The highest BCUT2D eigenvalue weighted by molar-refractivity contribution is 5.67.